The van der Waals surface area contributed by atoms with E-state index in [0.29, 0.717) is 6.42 Å². The highest BCUT2D eigenvalue weighted by Gasteiger charge is 2.23. The quantitative estimate of drug-likeness (QED) is 0.785. The molecular formula is C17H24N2O2. The van der Waals surface area contributed by atoms with Crippen LogP contribution in [0, 0.1) is 5.92 Å². The number of para-hydroxylation sites is 2. The number of benzene rings is 1. The first kappa shape index (κ1) is 15.7. The van der Waals surface area contributed by atoms with Crippen LogP contribution in [0.1, 0.15) is 33.0 Å². The van der Waals surface area contributed by atoms with Gasteiger partial charge in [-0.05, 0) is 24.5 Å². The van der Waals surface area contributed by atoms with Gasteiger partial charge in [-0.25, -0.2) is 4.98 Å². The highest BCUT2D eigenvalue weighted by Crippen LogP contribution is 2.18. The molecular weight excluding hydrogens is 264 g/mol. The number of carbonyl (C=O) groups is 1. The summed E-state index contributed by atoms with van der Waals surface area (Å²) in [4.78, 5) is 17.1. The second-order valence-corrected chi connectivity index (χ2v) is 5.71. The average molecular weight is 288 g/mol. The number of carbonyl (C=O) groups excluding carboxylic acids is 1. The number of ketones is 1. The minimum Gasteiger partial charge on any atom is -0.373 e. The Morgan fingerprint density at radius 1 is 1.33 bits per heavy atom. The van der Waals surface area contributed by atoms with Crippen LogP contribution in [0.3, 0.4) is 0 Å². The van der Waals surface area contributed by atoms with Crippen LogP contribution in [0.2, 0.25) is 0 Å². The van der Waals surface area contributed by atoms with Crippen molar-refractivity contribution >= 4 is 16.8 Å². The zero-order valence-corrected chi connectivity index (χ0v) is 13.3. The lowest BCUT2D eigenvalue weighted by atomic mass is 10.0. The van der Waals surface area contributed by atoms with Crippen LogP contribution in [0.25, 0.3) is 11.0 Å². The number of methoxy groups -OCH3 is 1. The van der Waals surface area contributed by atoms with E-state index in [4.69, 9.17) is 4.74 Å². The van der Waals surface area contributed by atoms with E-state index in [-0.39, 0.29) is 17.8 Å². The van der Waals surface area contributed by atoms with Crippen LogP contribution < -0.4 is 0 Å². The fourth-order valence-electron chi connectivity index (χ4n) is 2.77. The number of hydrogen-bond donors (Lipinski definition) is 0. The van der Waals surface area contributed by atoms with E-state index in [1.807, 2.05) is 32.0 Å². The van der Waals surface area contributed by atoms with Gasteiger partial charge in [0.25, 0.3) is 0 Å². The van der Waals surface area contributed by atoms with Crippen LogP contribution in [-0.4, -0.2) is 28.5 Å². The molecule has 1 heterocycles. The van der Waals surface area contributed by atoms with Gasteiger partial charge in [0, 0.05) is 13.7 Å². The predicted octanol–water partition coefficient (Wildman–Crippen LogP) is 3.23. The lowest BCUT2D eigenvalue weighted by Crippen LogP contribution is -2.30. The Balaban J connectivity index is 2.33. The van der Waals surface area contributed by atoms with Gasteiger partial charge in [-0.3, -0.25) is 4.79 Å². The number of nitrogens with zero attached hydrogens (tertiary/aromatic N) is 2. The maximum absolute atomic E-state index is 12.4. The van der Waals surface area contributed by atoms with Crippen LogP contribution in [-0.2, 0) is 22.5 Å². The van der Waals surface area contributed by atoms with E-state index in [1.54, 1.807) is 7.11 Å². The molecule has 0 radical (unpaired) electrons. The van der Waals surface area contributed by atoms with Crippen molar-refractivity contribution in [3.8, 4) is 0 Å². The molecule has 0 aliphatic rings. The molecule has 0 spiro atoms. The smallest absolute Gasteiger partial charge is 0.169 e. The summed E-state index contributed by atoms with van der Waals surface area (Å²) >= 11 is 0. The van der Waals surface area contributed by atoms with Crippen LogP contribution in [0.5, 0.6) is 0 Å². The highest BCUT2D eigenvalue weighted by atomic mass is 16.5. The SMILES string of the molecule is CCCn1c(CC(=O)C(OC)C(C)C)nc2ccccc21. The summed E-state index contributed by atoms with van der Waals surface area (Å²) < 4.78 is 7.49. The monoisotopic (exact) mass is 288 g/mol. The molecule has 0 aliphatic carbocycles. The highest BCUT2D eigenvalue weighted by molar-refractivity contribution is 5.86. The van der Waals surface area contributed by atoms with Gasteiger partial charge in [-0.2, -0.15) is 0 Å². The maximum Gasteiger partial charge on any atom is 0.169 e. The zero-order chi connectivity index (χ0) is 15.4. The summed E-state index contributed by atoms with van der Waals surface area (Å²) in [5.74, 6) is 1.11. The van der Waals surface area contributed by atoms with E-state index >= 15 is 0 Å². The predicted molar refractivity (Wildman–Crippen MR) is 84.4 cm³/mol. The fourth-order valence-corrected chi connectivity index (χ4v) is 2.77. The number of fused-ring (bicyclic) bond motifs is 1. The lowest BCUT2D eigenvalue weighted by Gasteiger charge is -2.18. The molecule has 0 fully saturated rings. The Bertz CT molecular complexity index is 616. The summed E-state index contributed by atoms with van der Waals surface area (Å²) in [6.45, 7) is 7.01. The van der Waals surface area contributed by atoms with Gasteiger partial charge in [0.2, 0.25) is 0 Å². The molecule has 2 aromatic rings. The largest absolute Gasteiger partial charge is 0.373 e. The maximum atomic E-state index is 12.4. The van der Waals surface area contributed by atoms with Crippen molar-refractivity contribution in [2.75, 3.05) is 7.11 Å². The molecule has 0 saturated carbocycles. The van der Waals surface area contributed by atoms with Crippen molar-refractivity contribution in [1.29, 1.82) is 0 Å². The molecule has 1 atom stereocenters. The normalized spacial score (nSPS) is 13.0. The third-order valence-electron chi connectivity index (χ3n) is 3.69. The molecule has 21 heavy (non-hydrogen) atoms. The Kier molecular flexibility index (Phi) is 5.12. The number of Topliss-reactive ketones (excluding diaryl/α,β-unsaturated/α-hetero) is 1. The molecule has 1 aromatic heterocycles. The molecule has 2 rings (SSSR count). The number of hydrogen-bond acceptors (Lipinski definition) is 3. The van der Waals surface area contributed by atoms with Gasteiger partial charge in [0.15, 0.2) is 5.78 Å². The first-order chi connectivity index (χ1) is 10.1. The van der Waals surface area contributed by atoms with Crippen LogP contribution >= 0.6 is 0 Å². The van der Waals surface area contributed by atoms with Crippen molar-refractivity contribution in [3.63, 3.8) is 0 Å². The van der Waals surface area contributed by atoms with Crippen molar-refractivity contribution in [3.05, 3.63) is 30.1 Å². The Labute approximate surface area is 126 Å². The second kappa shape index (κ2) is 6.85. The third-order valence-corrected chi connectivity index (χ3v) is 3.69. The molecule has 0 saturated heterocycles. The first-order valence-electron chi connectivity index (χ1n) is 7.58. The molecule has 1 unspecified atom stereocenters. The topological polar surface area (TPSA) is 44.1 Å². The number of aryl methyl sites for hydroxylation is 1. The average Bonchev–Trinajstić information content (AvgIpc) is 2.77. The van der Waals surface area contributed by atoms with Gasteiger partial charge in [0.1, 0.15) is 11.9 Å². The van der Waals surface area contributed by atoms with E-state index in [2.05, 4.69) is 22.5 Å². The summed E-state index contributed by atoms with van der Waals surface area (Å²) in [6.07, 6.45) is 0.977. The van der Waals surface area contributed by atoms with Crippen LogP contribution in [0.4, 0.5) is 0 Å². The zero-order valence-electron chi connectivity index (χ0n) is 13.3. The summed E-state index contributed by atoms with van der Waals surface area (Å²) in [6, 6.07) is 8.03. The second-order valence-electron chi connectivity index (χ2n) is 5.71. The number of aromatic nitrogens is 2. The van der Waals surface area contributed by atoms with Gasteiger partial charge >= 0.3 is 0 Å². The molecule has 0 N–H and O–H groups in total. The lowest BCUT2D eigenvalue weighted by molar-refractivity contribution is -0.130. The van der Waals surface area contributed by atoms with Gasteiger partial charge in [-0.1, -0.05) is 32.9 Å². The Morgan fingerprint density at radius 2 is 2.05 bits per heavy atom. The van der Waals surface area contributed by atoms with Crippen molar-refractivity contribution < 1.29 is 9.53 Å². The van der Waals surface area contributed by atoms with E-state index in [0.717, 1.165) is 29.8 Å². The minimum absolute atomic E-state index is 0.0974. The van der Waals surface area contributed by atoms with E-state index in [1.165, 1.54) is 0 Å². The molecule has 114 valence electrons. The minimum atomic E-state index is -0.361. The van der Waals surface area contributed by atoms with Crippen molar-refractivity contribution in [1.82, 2.24) is 9.55 Å². The molecule has 1 aromatic carbocycles. The first-order valence-corrected chi connectivity index (χ1v) is 7.58. The van der Waals surface area contributed by atoms with E-state index < -0.39 is 0 Å². The number of rotatable bonds is 7. The van der Waals surface area contributed by atoms with E-state index in [9.17, 15) is 4.79 Å². The van der Waals surface area contributed by atoms with Gasteiger partial charge in [0.05, 0.1) is 17.5 Å². The molecule has 4 heteroatoms. The molecule has 0 bridgehead atoms. The summed E-state index contributed by atoms with van der Waals surface area (Å²) in [5.41, 5.74) is 2.05. The van der Waals surface area contributed by atoms with Gasteiger partial charge in [-0.15, -0.1) is 0 Å². The Morgan fingerprint density at radius 3 is 2.67 bits per heavy atom. The molecule has 4 nitrogen and oxygen atoms in total. The summed E-state index contributed by atoms with van der Waals surface area (Å²) in [5, 5.41) is 0. The number of ether oxygens (including phenoxy) is 1. The Hall–Kier alpha value is -1.68. The molecule has 0 aliphatic heterocycles. The summed E-state index contributed by atoms with van der Waals surface area (Å²) in [7, 11) is 1.59. The van der Waals surface area contributed by atoms with Gasteiger partial charge < -0.3 is 9.30 Å². The number of imidazole rings is 1. The molecule has 0 amide bonds. The van der Waals surface area contributed by atoms with Crippen molar-refractivity contribution in [2.45, 2.75) is 46.3 Å². The third kappa shape index (κ3) is 3.32. The standard InChI is InChI=1S/C17H24N2O2/c1-5-10-19-14-9-7-6-8-13(14)18-16(19)11-15(20)17(21-4)12(2)3/h6-9,12,17H,5,10-11H2,1-4H3. The fraction of sp³-hybridized carbons (Fsp3) is 0.529. The van der Waals surface area contributed by atoms with Crippen molar-refractivity contribution in [2.24, 2.45) is 5.92 Å². The van der Waals surface area contributed by atoms with Crippen LogP contribution in [0.15, 0.2) is 24.3 Å².